The van der Waals surface area contributed by atoms with E-state index in [4.69, 9.17) is 11.6 Å². The van der Waals surface area contributed by atoms with E-state index in [1.165, 1.54) is 6.07 Å². The van der Waals surface area contributed by atoms with Crippen LogP contribution in [-0.4, -0.2) is 26.4 Å². The molecule has 1 aromatic carbocycles. The second-order valence-electron chi connectivity index (χ2n) is 6.69. The SMILES string of the molecule is Cc1ccc(F)c(CN2CCc3c(nc(-c4ccncc4)[nH]c3=O)C2)c1Cl. The molecule has 0 bridgehead atoms. The highest BCUT2D eigenvalue weighted by Crippen LogP contribution is 2.27. The van der Waals surface area contributed by atoms with Gasteiger partial charge in [-0.15, -0.1) is 0 Å². The van der Waals surface area contributed by atoms with Gasteiger partial charge in [-0.25, -0.2) is 9.37 Å². The largest absolute Gasteiger partial charge is 0.306 e. The Morgan fingerprint density at radius 2 is 2.04 bits per heavy atom. The third-order valence-electron chi connectivity index (χ3n) is 4.87. The molecule has 4 rings (SSSR count). The van der Waals surface area contributed by atoms with Crippen molar-refractivity contribution in [3.63, 3.8) is 0 Å². The molecular formula is C20H18ClFN4O. The summed E-state index contributed by atoms with van der Waals surface area (Å²) in [6.45, 7) is 3.36. The van der Waals surface area contributed by atoms with E-state index in [0.717, 1.165) is 16.8 Å². The Bertz CT molecular complexity index is 1050. The molecule has 0 atom stereocenters. The molecule has 5 nitrogen and oxygen atoms in total. The van der Waals surface area contributed by atoms with Crippen LogP contribution in [0.25, 0.3) is 11.4 Å². The zero-order chi connectivity index (χ0) is 19.0. The molecule has 3 aromatic rings. The maximum Gasteiger partial charge on any atom is 0.254 e. The zero-order valence-corrected chi connectivity index (χ0v) is 15.6. The number of aryl methyl sites for hydroxylation is 1. The van der Waals surface area contributed by atoms with E-state index in [9.17, 15) is 9.18 Å². The smallest absolute Gasteiger partial charge is 0.254 e. The van der Waals surface area contributed by atoms with Crippen molar-refractivity contribution in [3.8, 4) is 11.4 Å². The van der Waals surface area contributed by atoms with Crippen LogP contribution in [0.4, 0.5) is 4.39 Å². The molecule has 7 heteroatoms. The van der Waals surface area contributed by atoms with Crippen molar-refractivity contribution >= 4 is 11.6 Å². The lowest BCUT2D eigenvalue weighted by Gasteiger charge is -2.28. The lowest BCUT2D eigenvalue weighted by atomic mass is 10.0. The Balaban J connectivity index is 1.64. The summed E-state index contributed by atoms with van der Waals surface area (Å²) in [5.74, 6) is 0.204. The number of hydrogen-bond acceptors (Lipinski definition) is 4. The number of nitrogens with one attached hydrogen (secondary N) is 1. The van der Waals surface area contributed by atoms with Crippen molar-refractivity contribution in [2.75, 3.05) is 6.54 Å². The summed E-state index contributed by atoms with van der Waals surface area (Å²) in [5.41, 5.74) is 3.43. The van der Waals surface area contributed by atoms with Gasteiger partial charge in [-0.2, -0.15) is 0 Å². The second-order valence-corrected chi connectivity index (χ2v) is 7.07. The van der Waals surface area contributed by atoms with Gasteiger partial charge in [0.25, 0.3) is 5.56 Å². The van der Waals surface area contributed by atoms with Gasteiger partial charge in [0.2, 0.25) is 0 Å². The molecule has 0 saturated carbocycles. The molecule has 0 spiro atoms. The number of halogens is 2. The number of aromatic amines is 1. The maximum absolute atomic E-state index is 14.2. The summed E-state index contributed by atoms with van der Waals surface area (Å²) in [5, 5.41) is 0.456. The molecule has 0 saturated heterocycles. The lowest BCUT2D eigenvalue weighted by molar-refractivity contribution is 0.237. The fourth-order valence-electron chi connectivity index (χ4n) is 3.36. The average molecular weight is 385 g/mol. The first-order valence-corrected chi connectivity index (χ1v) is 9.09. The number of H-pyrrole nitrogens is 1. The van der Waals surface area contributed by atoms with Crippen molar-refractivity contribution in [2.24, 2.45) is 0 Å². The standard InChI is InChI=1S/C20H18ClFN4O/c1-12-2-3-16(22)15(18(12)21)10-26-9-6-14-17(11-26)24-19(25-20(14)27)13-4-7-23-8-5-13/h2-5,7-8H,6,9-11H2,1H3,(H,24,25,27). The van der Waals surface area contributed by atoms with E-state index < -0.39 is 0 Å². The van der Waals surface area contributed by atoms with Crippen LogP contribution in [-0.2, 0) is 19.5 Å². The molecule has 1 N–H and O–H groups in total. The van der Waals surface area contributed by atoms with E-state index in [1.807, 2.05) is 6.92 Å². The normalized spacial score (nSPS) is 14.2. The summed E-state index contributed by atoms with van der Waals surface area (Å²) in [4.78, 5) is 26.0. The molecule has 0 radical (unpaired) electrons. The van der Waals surface area contributed by atoms with Gasteiger partial charge in [-0.1, -0.05) is 17.7 Å². The lowest BCUT2D eigenvalue weighted by Crippen LogP contribution is -2.35. The molecule has 0 fully saturated rings. The predicted molar refractivity (Wildman–Crippen MR) is 102 cm³/mol. The Hall–Kier alpha value is -2.57. The highest BCUT2D eigenvalue weighted by atomic mass is 35.5. The molecule has 0 unspecified atom stereocenters. The topological polar surface area (TPSA) is 61.9 Å². The van der Waals surface area contributed by atoms with Crippen LogP contribution >= 0.6 is 11.6 Å². The van der Waals surface area contributed by atoms with E-state index >= 15 is 0 Å². The number of benzene rings is 1. The minimum Gasteiger partial charge on any atom is -0.306 e. The van der Waals surface area contributed by atoms with Gasteiger partial charge >= 0.3 is 0 Å². The van der Waals surface area contributed by atoms with Gasteiger partial charge in [0.1, 0.15) is 11.6 Å². The molecule has 27 heavy (non-hydrogen) atoms. The molecule has 0 aliphatic carbocycles. The minimum atomic E-state index is -0.312. The monoisotopic (exact) mass is 384 g/mol. The molecule has 2 aromatic heterocycles. The predicted octanol–water partition coefficient (Wildman–Crippen LogP) is 3.49. The average Bonchev–Trinajstić information content (AvgIpc) is 2.68. The minimum absolute atomic E-state index is 0.119. The number of aromatic nitrogens is 3. The van der Waals surface area contributed by atoms with Gasteiger partial charge < -0.3 is 4.98 Å². The third kappa shape index (κ3) is 3.50. The van der Waals surface area contributed by atoms with E-state index in [0.29, 0.717) is 48.0 Å². The summed E-state index contributed by atoms with van der Waals surface area (Å²) in [7, 11) is 0. The summed E-state index contributed by atoms with van der Waals surface area (Å²) in [6, 6.07) is 6.72. The zero-order valence-electron chi connectivity index (χ0n) is 14.8. The number of pyridine rings is 1. The van der Waals surface area contributed by atoms with Crippen LogP contribution in [0, 0.1) is 12.7 Å². The van der Waals surface area contributed by atoms with Crippen LogP contribution in [0.2, 0.25) is 5.02 Å². The Morgan fingerprint density at radius 3 is 2.81 bits per heavy atom. The fraction of sp³-hybridized carbons (Fsp3) is 0.250. The summed E-state index contributed by atoms with van der Waals surface area (Å²) in [6.07, 6.45) is 3.88. The van der Waals surface area contributed by atoms with E-state index in [2.05, 4.69) is 19.9 Å². The quantitative estimate of drug-likeness (QED) is 0.750. The Labute approximate surface area is 160 Å². The molecule has 1 aliphatic heterocycles. The molecule has 1 aliphatic rings. The first-order chi connectivity index (χ1) is 13.0. The first kappa shape index (κ1) is 17.8. The fourth-order valence-corrected chi connectivity index (χ4v) is 3.57. The van der Waals surface area contributed by atoms with Crippen molar-refractivity contribution < 1.29 is 4.39 Å². The van der Waals surface area contributed by atoms with Crippen molar-refractivity contribution in [2.45, 2.75) is 26.4 Å². The number of nitrogens with zero attached hydrogens (tertiary/aromatic N) is 3. The summed E-state index contributed by atoms with van der Waals surface area (Å²) >= 11 is 6.31. The number of fused-ring (bicyclic) bond motifs is 1. The Kier molecular flexibility index (Phi) is 4.76. The molecule has 138 valence electrons. The van der Waals surface area contributed by atoms with E-state index in [1.54, 1.807) is 30.6 Å². The molecule has 3 heterocycles. The number of rotatable bonds is 3. The van der Waals surface area contributed by atoms with Crippen LogP contribution in [0.1, 0.15) is 22.4 Å². The van der Waals surface area contributed by atoms with Gasteiger partial charge in [0.05, 0.1) is 10.7 Å². The van der Waals surface area contributed by atoms with Crippen molar-refractivity contribution in [1.29, 1.82) is 0 Å². The van der Waals surface area contributed by atoms with E-state index in [-0.39, 0.29) is 11.4 Å². The highest BCUT2D eigenvalue weighted by Gasteiger charge is 2.23. The van der Waals surface area contributed by atoms with Gasteiger partial charge in [-0.3, -0.25) is 14.7 Å². The number of hydrogen-bond donors (Lipinski definition) is 1. The molecule has 0 amide bonds. The van der Waals surface area contributed by atoms with Gasteiger partial charge in [0, 0.05) is 48.7 Å². The van der Waals surface area contributed by atoms with Gasteiger partial charge in [-0.05, 0) is 37.1 Å². The summed E-state index contributed by atoms with van der Waals surface area (Å²) < 4.78 is 14.2. The Morgan fingerprint density at radius 1 is 1.26 bits per heavy atom. The van der Waals surface area contributed by atoms with Crippen molar-refractivity contribution in [3.05, 3.63) is 80.2 Å². The van der Waals surface area contributed by atoms with Crippen LogP contribution in [0.15, 0.2) is 41.5 Å². The second kappa shape index (κ2) is 7.21. The molecular weight excluding hydrogens is 367 g/mol. The maximum atomic E-state index is 14.2. The highest BCUT2D eigenvalue weighted by molar-refractivity contribution is 6.32. The third-order valence-corrected chi connectivity index (χ3v) is 5.39. The van der Waals surface area contributed by atoms with Gasteiger partial charge in [0.15, 0.2) is 0 Å². The van der Waals surface area contributed by atoms with Crippen LogP contribution in [0.5, 0.6) is 0 Å². The van der Waals surface area contributed by atoms with Crippen molar-refractivity contribution in [1.82, 2.24) is 19.9 Å². The van der Waals surface area contributed by atoms with Crippen LogP contribution in [0.3, 0.4) is 0 Å². The van der Waals surface area contributed by atoms with Crippen LogP contribution < -0.4 is 5.56 Å². The first-order valence-electron chi connectivity index (χ1n) is 8.71.